The van der Waals surface area contributed by atoms with Gasteiger partial charge in [-0.1, -0.05) is 36.4 Å². The third kappa shape index (κ3) is 3.59. The van der Waals surface area contributed by atoms with E-state index < -0.39 is 0 Å². The summed E-state index contributed by atoms with van der Waals surface area (Å²) >= 11 is 0. The lowest BCUT2D eigenvalue weighted by atomic mass is 9.71. The Bertz CT molecular complexity index is 871. The van der Waals surface area contributed by atoms with Gasteiger partial charge in [-0.2, -0.15) is 0 Å². The Balaban J connectivity index is 1.67. The number of likely N-dealkylation sites (tertiary alicyclic amines) is 2. The van der Waals surface area contributed by atoms with E-state index in [9.17, 15) is 9.59 Å². The van der Waals surface area contributed by atoms with E-state index in [4.69, 9.17) is 0 Å². The second-order valence-electron chi connectivity index (χ2n) is 8.25. The highest BCUT2D eigenvalue weighted by atomic mass is 16.2. The predicted molar refractivity (Wildman–Crippen MR) is 111 cm³/mol. The molecule has 3 amide bonds. The zero-order chi connectivity index (χ0) is 20.4. The summed E-state index contributed by atoms with van der Waals surface area (Å²) in [6.07, 6.45) is 3.83. The van der Waals surface area contributed by atoms with Crippen molar-refractivity contribution in [2.75, 3.05) is 27.2 Å². The number of aromatic nitrogens is 1. The third-order valence-electron chi connectivity index (χ3n) is 6.42. The van der Waals surface area contributed by atoms with Gasteiger partial charge in [-0.25, -0.2) is 4.79 Å². The lowest BCUT2D eigenvalue weighted by Crippen LogP contribution is -2.48. The van der Waals surface area contributed by atoms with Gasteiger partial charge in [0.25, 0.3) is 0 Å². The number of urea groups is 1. The van der Waals surface area contributed by atoms with E-state index in [0.29, 0.717) is 26.1 Å². The summed E-state index contributed by atoms with van der Waals surface area (Å²) in [7, 11) is 3.55. The fourth-order valence-electron chi connectivity index (χ4n) is 4.88. The number of carbonyl (C=O) groups excluding carboxylic acids is 2. The maximum atomic E-state index is 13.2. The third-order valence-corrected chi connectivity index (χ3v) is 6.42. The van der Waals surface area contributed by atoms with E-state index in [2.05, 4.69) is 29.2 Å². The van der Waals surface area contributed by atoms with Gasteiger partial charge in [-0.05, 0) is 30.5 Å². The van der Waals surface area contributed by atoms with Crippen molar-refractivity contribution in [3.8, 4) is 0 Å². The van der Waals surface area contributed by atoms with Gasteiger partial charge in [-0.3, -0.25) is 9.78 Å². The molecule has 2 aromatic rings. The molecule has 6 nitrogen and oxygen atoms in total. The van der Waals surface area contributed by atoms with Crippen molar-refractivity contribution >= 4 is 11.9 Å². The molecule has 0 aliphatic carbocycles. The Morgan fingerprint density at radius 2 is 1.83 bits per heavy atom. The molecule has 152 valence electrons. The molecule has 6 heteroatoms. The highest BCUT2D eigenvalue weighted by Gasteiger charge is 2.52. The lowest BCUT2D eigenvalue weighted by Gasteiger charge is -2.37. The number of pyridine rings is 1. The highest BCUT2D eigenvalue weighted by molar-refractivity contribution is 5.80. The van der Waals surface area contributed by atoms with Crippen molar-refractivity contribution in [2.45, 2.75) is 37.3 Å². The Hall–Kier alpha value is -2.89. The minimum absolute atomic E-state index is 0.0150. The summed E-state index contributed by atoms with van der Waals surface area (Å²) in [6, 6.07) is 16.1. The molecule has 0 unspecified atom stereocenters. The predicted octanol–water partition coefficient (Wildman–Crippen LogP) is 2.90. The Morgan fingerprint density at radius 3 is 2.52 bits per heavy atom. The molecule has 0 N–H and O–H groups in total. The smallest absolute Gasteiger partial charge is 0.319 e. The SMILES string of the molecule is CN(C)C(=O)N1CC[C@]2(c3ccccc3)CCN(Cc3ccccn3)C(=O)C[C@@H]12. The van der Waals surface area contributed by atoms with Crippen molar-refractivity contribution in [3.63, 3.8) is 0 Å². The van der Waals surface area contributed by atoms with E-state index >= 15 is 0 Å². The molecular weight excluding hydrogens is 364 g/mol. The number of hydrogen-bond acceptors (Lipinski definition) is 3. The molecule has 2 fully saturated rings. The summed E-state index contributed by atoms with van der Waals surface area (Å²) in [5, 5.41) is 0. The first-order valence-corrected chi connectivity index (χ1v) is 10.2. The highest BCUT2D eigenvalue weighted by Crippen LogP contribution is 2.46. The minimum Gasteiger partial charge on any atom is -0.337 e. The first kappa shape index (κ1) is 19.4. The van der Waals surface area contributed by atoms with Crippen molar-refractivity contribution < 1.29 is 9.59 Å². The van der Waals surface area contributed by atoms with Crippen LogP contribution in [0.4, 0.5) is 4.79 Å². The average Bonchev–Trinajstić information content (AvgIpc) is 3.04. The molecule has 1 aromatic carbocycles. The van der Waals surface area contributed by atoms with Gasteiger partial charge in [-0.15, -0.1) is 0 Å². The minimum atomic E-state index is -0.193. The zero-order valence-corrected chi connectivity index (χ0v) is 17.1. The van der Waals surface area contributed by atoms with E-state index in [1.165, 1.54) is 5.56 Å². The molecular formula is C23H28N4O2. The molecule has 2 saturated heterocycles. The van der Waals surface area contributed by atoms with Crippen LogP contribution in [0.25, 0.3) is 0 Å². The summed E-state index contributed by atoms with van der Waals surface area (Å²) in [4.78, 5) is 35.9. The number of carbonyl (C=O) groups is 2. The van der Waals surface area contributed by atoms with Gasteiger partial charge < -0.3 is 14.7 Å². The first-order valence-electron chi connectivity index (χ1n) is 10.2. The summed E-state index contributed by atoms with van der Waals surface area (Å²) < 4.78 is 0. The average molecular weight is 393 g/mol. The van der Waals surface area contributed by atoms with E-state index in [0.717, 1.165) is 18.5 Å². The number of hydrogen-bond donors (Lipinski definition) is 0. The molecule has 0 radical (unpaired) electrons. The van der Waals surface area contributed by atoms with Crippen LogP contribution in [0.15, 0.2) is 54.7 Å². The second kappa shape index (κ2) is 7.85. The van der Waals surface area contributed by atoms with Crippen LogP contribution in [0.1, 0.15) is 30.5 Å². The molecule has 2 aliphatic heterocycles. The molecule has 2 atom stereocenters. The second-order valence-corrected chi connectivity index (χ2v) is 8.25. The standard InChI is InChI=1S/C23H28N4O2/c1-25(2)22(29)27-15-12-23(18-8-4-3-5-9-18)11-14-26(21(28)16-20(23)27)17-19-10-6-7-13-24-19/h3-10,13,20H,11-12,14-17H2,1-2H3/t20-,23+/m1/s1. The molecule has 0 saturated carbocycles. The Morgan fingerprint density at radius 1 is 1.10 bits per heavy atom. The number of benzene rings is 1. The first-order chi connectivity index (χ1) is 14.0. The number of amides is 3. The van der Waals surface area contributed by atoms with E-state index in [-0.39, 0.29) is 23.4 Å². The summed E-state index contributed by atoms with van der Waals surface area (Å²) in [6.45, 7) is 1.87. The van der Waals surface area contributed by atoms with Gasteiger partial charge >= 0.3 is 6.03 Å². The van der Waals surface area contributed by atoms with Crippen molar-refractivity contribution in [1.29, 1.82) is 0 Å². The lowest BCUT2D eigenvalue weighted by molar-refractivity contribution is -0.132. The van der Waals surface area contributed by atoms with Crippen LogP contribution in [-0.4, -0.2) is 64.8 Å². The Kier molecular flexibility index (Phi) is 5.26. The van der Waals surface area contributed by atoms with Crippen LogP contribution < -0.4 is 0 Å². The molecule has 4 rings (SSSR count). The number of fused-ring (bicyclic) bond motifs is 1. The van der Waals surface area contributed by atoms with Crippen LogP contribution in [0, 0.1) is 0 Å². The maximum absolute atomic E-state index is 13.2. The maximum Gasteiger partial charge on any atom is 0.319 e. The van der Waals surface area contributed by atoms with Gasteiger partial charge in [0.15, 0.2) is 0 Å². The van der Waals surface area contributed by atoms with Crippen molar-refractivity contribution in [2.24, 2.45) is 0 Å². The zero-order valence-electron chi connectivity index (χ0n) is 17.1. The van der Waals surface area contributed by atoms with Gasteiger partial charge in [0, 0.05) is 45.2 Å². The molecule has 1 aromatic heterocycles. The molecule has 0 bridgehead atoms. The van der Waals surface area contributed by atoms with Gasteiger partial charge in [0.1, 0.15) is 0 Å². The largest absolute Gasteiger partial charge is 0.337 e. The number of rotatable bonds is 3. The molecule has 0 spiro atoms. The summed E-state index contributed by atoms with van der Waals surface area (Å²) in [5.74, 6) is 0.0944. The normalized spacial score (nSPS) is 24.2. The summed E-state index contributed by atoms with van der Waals surface area (Å²) in [5.41, 5.74) is 1.93. The van der Waals surface area contributed by atoms with Crippen LogP contribution >= 0.6 is 0 Å². The van der Waals surface area contributed by atoms with E-state index in [1.807, 2.05) is 34.1 Å². The number of nitrogens with zero attached hydrogens (tertiary/aromatic N) is 4. The molecule has 3 heterocycles. The monoisotopic (exact) mass is 392 g/mol. The fraction of sp³-hybridized carbons (Fsp3) is 0.435. The molecule has 29 heavy (non-hydrogen) atoms. The molecule has 2 aliphatic rings. The van der Waals surface area contributed by atoms with Gasteiger partial charge in [0.05, 0.1) is 18.3 Å². The topological polar surface area (TPSA) is 56.8 Å². The van der Waals surface area contributed by atoms with Crippen LogP contribution in [0.5, 0.6) is 0 Å². The van der Waals surface area contributed by atoms with Crippen molar-refractivity contribution in [3.05, 3.63) is 66.0 Å². The quantitative estimate of drug-likeness (QED) is 0.807. The fourth-order valence-corrected chi connectivity index (χ4v) is 4.88. The van der Waals surface area contributed by atoms with Crippen LogP contribution in [-0.2, 0) is 16.8 Å². The van der Waals surface area contributed by atoms with Crippen molar-refractivity contribution in [1.82, 2.24) is 19.7 Å². The van der Waals surface area contributed by atoms with E-state index in [1.54, 1.807) is 25.2 Å². The van der Waals surface area contributed by atoms with Crippen LogP contribution in [0.3, 0.4) is 0 Å². The van der Waals surface area contributed by atoms with Gasteiger partial charge in [0.2, 0.25) is 5.91 Å². The van der Waals surface area contributed by atoms with Crippen LogP contribution in [0.2, 0.25) is 0 Å². The Labute approximate surface area is 172 Å².